The molecular formula is C21H22N4O3. The van der Waals surface area contributed by atoms with Crippen LogP contribution >= 0.6 is 0 Å². The van der Waals surface area contributed by atoms with Gasteiger partial charge in [-0.25, -0.2) is 4.79 Å². The third-order valence-corrected chi connectivity index (χ3v) is 4.96. The van der Waals surface area contributed by atoms with Crippen molar-refractivity contribution in [3.8, 4) is 11.5 Å². The number of piperazine rings is 1. The van der Waals surface area contributed by atoms with E-state index >= 15 is 0 Å². The normalized spacial score (nSPS) is 17.6. The van der Waals surface area contributed by atoms with Gasteiger partial charge in [0.05, 0.1) is 6.04 Å². The zero-order chi connectivity index (χ0) is 19.3. The number of nitrogens with zero attached hydrogens (tertiary/aromatic N) is 4. The zero-order valence-electron chi connectivity index (χ0n) is 15.4. The highest BCUT2D eigenvalue weighted by Gasteiger charge is 2.31. The van der Waals surface area contributed by atoms with Crippen molar-refractivity contribution in [1.29, 1.82) is 0 Å². The summed E-state index contributed by atoms with van der Waals surface area (Å²) in [4.78, 5) is 15.4. The second-order valence-corrected chi connectivity index (χ2v) is 6.92. The first-order valence-electron chi connectivity index (χ1n) is 9.32. The van der Waals surface area contributed by atoms with E-state index in [1.54, 1.807) is 0 Å². The summed E-state index contributed by atoms with van der Waals surface area (Å²) < 4.78 is 5.79. The van der Waals surface area contributed by atoms with Crippen LogP contribution in [0.2, 0.25) is 0 Å². The van der Waals surface area contributed by atoms with Crippen LogP contribution in [-0.2, 0) is 13.0 Å². The minimum atomic E-state index is -0.910. The molecule has 0 spiro atoms. The molecule has 0 unspecified atom stereocenters. The lowest BCUT2D eigenvalue weighted by Crippen LogP contribution is -2.55. The molecule has 0 bridgehead atoms. The first-order chi connectivity index (χ1) is 13.7. The van der Waals surface area contributed by atoms with Gasteiger partial charge in [-0.2, -0.15) is 0 Å². The molecular weight excluding hydrogens is 356 g/mol. The second kappa shape index (κ2) is 8.22. The van der Waals surface area contributed by atoms with Gasteiger partial charge in [-0.1, -0.05) is 48.5 Å². The van der Waals surface area contributed by atoms with Crippen LogP contribution < -0.4 is 0 Å². The minimum absolute atomic E-state index is 0.223. The lowest BCUT2D eigenvalue weighted by atomic mass is 10.1. The molecule has 0 radical (unpaired) electrons. The first-order valence-corrected chi connectivity index (χ1v) is 9.32. The average molecular weight is 378 g/mol. The number of aromatic nitrogens is 2. The fraction of sp³-hybridized carbons (Fsp3) is 0.286. The summed E-state index contributed by atoms with van der Waals surface area (Å²) in [5, 5.41) is 17.8. The maximum absolute atomic E-state index is 11.7. The number of hydrogen-bond acceptors (Lipinski definition) is 5. The fourth-order valence-electron chi connectivity index (χ4n) is 3.57. The lowest BCUT2D eigenvalue weighted by Gasteiger charge is -2.39. The van der Waals surface area contributed by atoms with Gasteiger partial charge >= 0.3 is 6.09 Å². The van der Waals surface area contributed by atoms with Crippen LogP contribution in [0.5, 0.6) is 0 Å². The highest BCUT2D eigenvalue weighted by atomic mass is 16.4. The van der Waals surface area contributed by atoms with Crippen molar-refractivity contribution < 1.29 is 14.3 Å². The van der Waals surface area contributed by atoms with Gasteiger partial charge in [0.15, 0.2) is 0 Å². The Morgan fingerprint density at radius 3 is 2.46 bits per heavy atom. The topological polar surface area (TPSA) is 82.7 Å². The Balaban J connectivity index is 1.47. The van der Waals surface area contributed by atoms with Gasteiger partial charge in [0.2, 0.25) is 11.8 Å². The van der Waals surface area contributed by atoms with Gasteiger partial charge in [0.1, 0.15) is 0 Å². The summed E-state index contributed by atoms with van der Waals surface area (Å²) in [7, 11) is 0. The second-order valence-electron chi connectivity index (χ2n) is 6.92. The molecule has 7 nitrogen and oxygen atoms in total. The molecule has 2 heterocycles. The van der Waals surface area contributed by atoms with Gasteiger partial charge < -0.3 is 14.4 Å². The molecule has 28 heavy (non-hydrogen) atoms. The molecule has 7 heteroatoms. The number of carboxylic acid groups (broad SMARTS) is 1. The molecule has 1 amide bonds. The van der Waals surface area contributed by atoms with Crippen LogP contribution in [0.15, 0.2) is 65.1 Å². The van der Waals surface area contributed by atoms with E-state index in [2.05, 4.69) is 27.2 Å². The summed E-state index contributed by atoms with van der Waals surface area (Å²) in [5.74, 6) is 0.908. The predicted octanol–water partition coefficient (Wildman–Crippen LogP) is 3.14. The quantitative estimate of drug-likeness (QED) is 0.734. The van der Waals surface area contributed by atoms with Crippen molar-refractivity contribution in [2.45, 2.75) is 19.0 Å². The van der Waals surface area contributed by atoms with Crippen molar-refractivity contribution in [1.82, 2.24) is 20.0 Å². The van der Waals surface area contributed by atoms with Crippen molar-refractivity contribution in [3.63, 3.8) is 0 Å². The third-order valence-electron chi connectivity index (χ3n) is 4.96. The average Bonchev–Trinajstić information content (AvgIpc) is 3.18. The number of benzene rings is 2. The number of rotatable bonds is 5. The molecule has 0 aliphatic carbocycles. The summed E-state index contributed by atoms with van der Waals surface area (Å²) >= 11 is 0. The monoisotopic (exact) mass is 378 g/mol. The van der Waals surface area contributed by atoms with Crippen LogP contribution in [0.25, 0.3) is 11.5 Å². The van der Waals surface area contributed by atoms with Crippen LogP contribution in [0, 0.1) is 0 Å². The van der Waals surface area contributed by atoms with E-state index in [4.69, 9.17) is 4.42 Å². The Bertz CT molecular complexity index is 914. The SMILES string of the molecule is O=C(O)N1CCN(Cc2ccccc2)C[C@H]1Cc1nnc(-c2ccccc2)o1. The molecule has 4 rings (SSSR count). The predicted molar refractivity (Wildman–Crippen MR) is 104 cm³/mol. The highest BCUT2D eigenvalue weighted by Crippen LogP contribution is 2.21. The highest BCUT2D eigenvalue weighted by molar-refractivity contribution is 5.65. The standard InChI is InChI=1S/C21H22N4O3/c26-21(27)25-12-11-24(14-16-7-3-1-4-8-16)15-18(25)13-19-22-23-20(28-19)17-9-5-2-6-10-17/h1-10,18H,11-15H2,(H,26,27)/t18-/m1/s1. The molecule has 1 aromatic heterocycles. The minimum Gasteiger partial charge on any atom is -0.465 e. The number of amides is 1. The van der Waals surface area contributed by atoms with Crippen LogP contribution in [0.3, 0.4) is 0 Å². The Morgan fingerprint density at radius 1 is 1.04 bits per heavy atom. The maximum atomic E-state index is 11.7. The molecule has 3 aromatic rings. The molecule has 0 saturated carbocycles. The molecule has 1 fully saturated rings. The van der Waals surface area contributed by atoms with E-state index in [-0.39, 0.29) is 6.04 Å². The molecule has 1 aliphatic heterocycles. The largest absolute Gasteiger partial charge is 0.465 e. The van der Waals surface area contributed by atoms with E-state index in [1.807, 2.05) is 48.5 Å². The molecule has 2 aromatic carbocycles. The van der Waals surface area contributed by atoms with E-state index in [1.165, 1.54) is 10.5 Å². The summed E-state index contributed by atoms with van der Waals surface area (Å²) in [6.45, 7) is 2.59. The molecule has 1 aliphatic rings. The van der Waals surface area contributed by atoms with Gasteiger partial charge in [-0.05, 0) is 17.7 Å². The molecule has 1 atom stereocenters. The molecule has 1 saturated heterocycles. The first kappa shape index (κ1) is 18.2. The number of hydrogen-bond donors (Lipinski definition) is 1. The van der Waals surface area contributed by atoms with E-state index < -0.39 is 6.09 Å². The summed E-state index contributed by atoms with van der Waals surface area (Å²) in [5.41, 5.74) is 2.07. The van der Waals surface area contributed by atoms with E-state index in [0.29, 0.717) is 37.8 Å². The third kappa shape index (κ3) is 4.20. The zero-order valence-corrected chi connectivity index (χ0v) is 15.4. The van der Waals surface area contributed by atoms with Gasteiger partial charge in [0, 0.05) is 38.2 Å². The van der Waals surface area contributed by atoms with E-state index in [0.717, 1.165) is 12.1 Å². The smallest absolute Gasteiger partial charge is 0.407 e. The van der Waals surface area contributed by atoms with Crippen molar-refractivity contribution in [2.24, 2.45) is 0 Å². The number of carbonyl (C=O) groups is 1. The Kier molecular flexibility index (Phi) is 5.34. The van der Waals surface area contributed by atoms with Gasteiger partial charge in [-0.15, -0.1) is 10.2 Å². The Labute approximate surface area is 163 Å². The van der Waals surface area contributed by atoms with Crippen LogP contribution in [0.4, 0.5) is 4.79 Å². The summed E-state index contributed by atoms with van der Waals surface area (Å²) in [6, 6.07) is 19.5. The lowest BCUT2D eigenvalue weighted by molar-refractivity contribution is 0.0622. The van der Waals surface area contributed by atoms with Crippen LogP contribution in [-0.4, -0.2) is 56.9 Å². The van der Waals surface area contributed by atoms with Crippen molar-refractivity contribution >= 4 is 6.09 Å². The molecule has 1 N–H and O–H groups in total. The van der Waals surface area contributed by atoms with Gasteiger partial charge in [-0.3, -0.25) is 4.90 Å². The maximum Gasteiger partial charge on any atom is 0.407 e. The van der Waals surface area contributed by atoms with Crippen LogP contribution in [0.1, 0.15) is 11.5 Å². The van der Waals surface area contributed by atoms with E-state index in [9.17, 15) is 9.90 Å². The Hall–Kier alpha value is -3.19. The fourth-order valence-corrected chi connectivity index (χ4v) is 3.57. The molecule has 144 valence electrons. The van der Waals surface area contributed by atoms with Crippen molar-refractivity contribution in [3.05, 3.63) is 72.1 Å². The van der Waals surface area contributed by atoms with Crippen molar-refractivity contribution in [2.75, 3.05) is 19.6 Å². The Morgan fingerprint density at radius 2 is 1.75 bits per heavy atom. The summed E-state index contributed by atoms with van der Waals surface area (Å²) in [6.07, 6.45) is -0.510. The van der Waals surface area contributed by atoms with Gasteiger partial charge in [0.25, 0.3) is 0 Å².